The van der Waals surface area contributed by atoms with Crippen molar-refractivity contribution in [1.82, 2.24) is 15.0 Å². The molecule has 2 heterocycles. The Labute approximate surface area is 84.2 Å². The van der Waals surface area contributed by atoms with Crippen LogP contribution in [0.25, 0.3) is 0 Å². The average Bonchev–Trinajstić information content (AvgIpc) is 2.75. The van der Waals surface area contributed by atoms with Crippen LogP contribution in [0.2, 0.25) is 0 Å². The molecular weight excluding hydrogens is 200 g/mol. The van der Waals surface area contributed by atoms with Crippen LogP contribution in [0, 0.1) is 6.92 Å². The molecule has 0 bridgehead atoms. The van der Waals surface area contributed by atoms with Crippen LogP contribution in [0.1, 0.15) is 15.5 Å². The summed E-state index contributed by atoms with van der Waals surface area (Å²) in [6, 6.07) is 0. The number of aromatic nitrogens is 3. The van der Waals surface area contributed by atoms with E-state index in [0.717, 1.165) is 5.01 Å². The molecule has 0 unspecified atom stereocenters. The molecule has 0 aliphatic rings. The van der Waals surface area contributed by atoms with Gasteiger partial charge in [-0.1, -0.05) is 0 Å². The van der Waals surface area contributed by atoms with E-state index in [2.05, 4.69) is 20.3 Å². The predicted octanol–water partition coefficient (Wildman–Crippen LogP) is 1.43. The number of hydrogen-bond donors (Lipinski definition) is 2. The minimum absolute atomic E-state index is 0.246. The van der Waals surface area contributed by atoms with E-state index >= 15 is 0 Å². The highest BCUT2D eigenvalue weighted by Crippen LogP contribution is 2.09. The van der Waals surface area contributed by atoms with Gasteiger partial charge in [0, 0.05) is 17.8 Å². The normalized spacial score (nSPS) is 10.1. The Morgan fingerprint density at radius 1 is 1.64 bits per heavy atom. The number of H-pyrrole nitrogens is 1. The quantitative estimate of drug-likeness (QED) is 0.784. The zero-order chi connectivity index (χ0) is 9.97. The molecule has 0 saturated carbocycles. The summed E-state index contributed by atoms with van der Waals surface area (Å²) in [4.78, 5) is 22.2. The van der Waals surface area contributed by atoms with Gasteiger partial charge >= 0.3 is 0 Å². The number of imidazole rings is 1. The summed E-state index contributed by atoms with van der Waals surface area (Å²) < 4.78 is 0. The maximum atomic E-state index is 11.5. The summed E-state index contributed by atoms with van der Waals surface area (Å²) in [5.41, 5.74) is 0.420. The summed E-state index contributed by atoms with van der Waals surface area (Å²) in [5, 5.41) is 5.18. The topological polar surface area (TPSA) is 70.7 Å². The van der Waals surface area contributed by atoms with Crippen molar-refractivity contribution in [2.45, 2.75) is 6.92 Å². The summed E-state index contributed by atoms with van der Waals surface area (Å²) >= 11 is 1.44. The average molecular weight is 208 g/mol. The number of aromatic amines is 1. The minimum Gasteiger partial charge on any atom is -0.331 e. The zero-order valence-corrected chi connectivity index (χ0v) is 8.26. The molecule has 2 N–H and O–H groups in total. The maximum absolute atomic E-state index is 11.5. The van der Waals surface area contributed by atoms with Gasteiger partial charge in [0.2, 0.25) is 5.95 Å². The van der Waals surface area contributed by atoms with Crippen molar-refractivity contribution in [3.05, 3.63) is 28.5 Å². The van der Waals surface area contributed by atoms with Crippen LogP contribution in [0.4, 0.5) is 5.95 Å². The molecule has 72 valence electrons. The third-order valence-electron chi connectivity index (χ3n) is 1.58. The first kappa shape index (κ1) is 8.89. The first-order valence-electron chi connectivity index (χ1n) is 3.98. The lowest BCUT2D eigenvalue weighted by Crippen LogP contribution is -2.13. The number of carbonyl (C=O) groups is 1. The second-order valence-electron chi connectivity index (χ2n) is 2.64. The fourth-order valence-corrected chi connectivity index (χ4v) is 1.57. The molecule has 0 atom stereocenters. The van der Waals surface area contributed by atoms with Gasteiger partial charge in [-0.05, 0) is 6.92 Å². The van der Waals surface area contributed by atoms with E-state index in [0.29, 0.717) is 11.6 Å². The van der Waals surface area contributed by atoms with Crippen molar-refractivity contribution in [2.75, 3.05) is 5.32 Å². The van der Waals surface area contributed by atoms with Crippen molar-refractivity contribution < 1.29 is 4.79 Å². The van der Waals surface area contributed by atoms with Crippen molar-refractivity contribution in [3.8, 4) is 0 Å². The zero-order valence-electron chi connectivity index (χ0n) is 7.44. The summed E-state index contributed by atoms with van der Waals surface area (Å²) in [5.74, 6) is 0.185. The Balaban J connectivity index is 2.10. The highest BCUT2D eigenvalue weighted by molar-refractivity contribution is 7.09. The van der Waals surface area contributed by atoms with Crippen molar-refractivity contribution in [2.24, 2.45) is 0 Å². The monoisotopic (exact) mass is 208 g/mol. The summed E-state index contributed by atoms with van der Waals surface area (Å²) in [7, 11) is 0. The Morgan fingerprint density at radius 3 is 3.07 bits per heavy atom. The van der Waals surface area contributed by atoms with E-state index < -0.39 is 0 Å². The van der Waals surface area contributed by atoms with Gasteiger partial charge in [0.15, 0.2) is 0 Å². The first-order chi connectivity index (χ1) is 6.75. The van der Waals surface area contributed by atoms with Gasteiger partial charge in [-0.2, -0.15) is 0 Å². The highest BCUT2D eigenvalue weighted by Gasteiger charge is 2.09. The number of carbonyl (C=O) groups excluding carboxylic acids is 1. The number of thiazole rings is 1. The molecule has 0 aliphatic carbocycles. The van der Waals surface area contributed by atoms with E-state index in [1.54, 1.807) is 17.8 Å². The lowest BCUT2D eigenvalue weighted by Gasteiger charge is -1.96. The molecule has 0 aromatic carbocycles. The van der Waals surface area contributed by atoms with Gasteiger partial charge in [-0.15, -0.1) is 11.3 Å². The largest absolute Gasteiger partial charge is 0.331 e. The fraction of sp³-hybridized carbons (Fsp3) is 0.125. The standard InChI is InChI=1S/C8H8N4OS/c1-5-11-6(4-14-5)7(13)12-8-9-2-3-10-8/h2-4H,1H3,(H2,9,10,12,13). The number of anilines is 1. The van der Waals surface area contributed by atoms with E-state index in [4.69, 9.17) is 0 Å². The van der Waals surface area contributed by atoms with Crippen molar-refractivity contribution in [3.63, 3.8) is 0 Å². The molecule has 0 aliphatic heterocycles. The van der Waals surface area contributed by atoms with Crippen LogP contribution in [0.3, 0.4) is 0 Å². The first-order valence-corrected chi connectivity index (χ1v) is 4.86. The molecule has 0 fully saturated rings. The van der Waals surface area contributed by atoms with E-state index in [1.165, 1.54) is 11.3 Å². The van der Waals surface area contributed by atoms with Crippen LogP contribution in [-0.4, -0.2) is 20.9 Å². The van der Waals surface area contributed by atoms with Crippen LogP contribution in [-0.2, 0) is 0 Å². The molecule has 2 aromatic heterocycles. The molecule has 0 radical (unpaired) electrons. The maximum Gasteiger partial charge on any atom is 0.277 e. The Bertz CT molecular complexity index is 434. The molecule has 1 amide bonds. The molecule has 6 heteroatoms. The summed E-state index contributed by atoms with van der Waals surface area (Å²) in [6.45, 7) is 1.86. The van der Waals surface area contributed by atoms with Crippen molar-refractivity contribution >= 4 is 23.2 Å². The number of amides is 1. The van der Waals surface area contributed by atoms with Crippen LogP contribution in [0.5, 0.6) is 0 Å². The van der Waals surface area contributed by atoms with E-state index in [1.807, 2.05) is 6.92 Å². The molecule has 0 spiro atoms. The number of rotatable bonds is 2. The number of nitrogens with zero attached hydrogens (tertiary/aromatic N) is 2. The second-order valence-corrected chi connectivity index (χ2v) is 3.71. The van der Waals surface area contributed by atoms with Gasteiger partial charge in [0.1, 0.15) is 5.69 Å². The van der Waals surface area contributed by atoms with Gasteiger partial charge in [0.05, 0.1) is 5.01 Å². The predicted molar refractivity (Wildman–Crippen MR) is 53.4 cm³/mol. The van der Waals surface area contributed by atoms with Crippen molar-refractivity contribution in [1.29, 1.82) is 0 Å². The highest BCUT2D eigenvalue weighted by atomic mass is 32.1. The van der Waals surface area contributed by atoms with Crippen LogP contribution < -0.4 is 5.32 Å². The smallest absolute Gasteiger partial charge is 0.277 e. The molecule has 2 rings (SSSR count). The lowest BCUT2D eigenvalue weighted by atomic mass is 10.4. The molecule has 2 aromatic rings. The third kappa shape index (κ3) is 1.80. The molecular formula is C8H8N4OS. The lowest BCUT2D eigenvalue weighted by molar-refractivity contribution is 0.102. The van der Waals surface area contributed by atoms with Gasteiger partial charge in [-0.3, -0.25) is 10.1 Å². The van der Waals surface area contributed by atoms with Crippen LogP contribution >= 0.6 is 11.3 Å². The molecule has 0 saturated heterocycles. The van der Waals surface area contributed by atoms with Gasteiger partial charge in [-0.25, -0.2) is 9.97 Å². The molecule has 14 heavy (non-hydrogen) atoms. The van der Waals surface area contributed by atoms with E-state index in [-0.39, 0.29) is 5.91 Å². The third-order valence-corrected chi connectivity index (χ3v) is 2.36. The van der Waals surface area contributed by atoms with Crippen LogP contribution in [0.15, 0.2) is 17.8 Å². The van der Waals surface area contributed by atoms with Gasteiger partial charge in [0.25, 0.3) is 5.91 Å². The fourth-order valence-electron chi connectivity index (χ4n) is 0.973. The SMILES string of the molecule is Cc1nc(C(=O)Nc2ncc[nH]2)cs1. The van der Waals surface area contributed by atoms with E-state index in [9.17, 15) is 4.79 Å². The molecule has 5 nitrogen and oxygen atoms in total. The summed E-state index contributed by atoms with van der Waals surface area (Å²) in [6.07, 6.45) is 3.21. The Hall–Kier alpha value is -1.69. The Morgan fingerprint density at radius 2 is 2.50 bits per heavy atom. The Kier molecular flexibility index (Phi) is 2.28. The number of aryl methyl sites for hydroxylation is 1. The minimum atomic E-state index is -0.246. The number of nitrogens with one attached hydrogen (secondary N) is 2. The number of hydrogen-bond acceptors (Lipinski definition) is 4. The van der Waals surface area contributed by atoms with Gasteiger partial charge < -0.3 is 4.98 Å². The second kappa shape index (κ2) is 3.59.